The first-order valence-electron chi connectivity index (χ1n) is 10.2. The number of hydrogen-bond donors (Lipinski definition) is 1. The van der Waals surface area contributed by atoms with Gasteiger partial charge in [0.15, 0.2) is 0 Å². The third kappa shape index (κ3) is 4.35. The molecule has 4 rings (SSSR count). The van der Waals surface area contributed by atoms with Crippen molar-refractivity contribution in [3.05, 3.63) is 96.1 Å². The van der Waals surface area contributed by atoms with Crippen LogP contribution in [0.5, 0.6) is 0 Å². The molecular formula is C25H25N3O2. The normalized spacial score (nSPS) is 16.2. The summed E-state index contributed by atoms with van der Waals surface area (Å²) in [6, 6.07) is 27.6. The molecule has 0 radical (unpaired) electrons. The lowest BCUT2D eigenvalue weighted by molar-refractivity contribution is -0.114. The van der Waals surface area contributed by atoms with Gasteiger partial charge in [-0.05, 0) is 42.0 Å². The Balaban J connectivity index is 1.59. The molecule has 30 heavy (non-hydrogen) atoms. The van der Waals surface area contributed by atoms with Crippen molar-refractivity contribution in [3.63, 3.8) is 0 Å². The largest absolute Gasteiger partial charge is 0.367 e. The Labute approximate surface area is 176 Å². The summed E-state index contributed by atoms with van der Waals surface area (Å²) in [5.74, 6) is -0.124. The molecule has 1 heterocycles. The molecule has 5 heteroatoms. The summed E-state index contributed by atoms with van der Waals surface area (Å²) in [5, 5.41) is 2.74. The second kappa shape index (κ2) is 8.82. The minimum Gasteiger partial charge on any atom is -0.367 e. The third-order valence-corrected chi connectivity index (χ3v) is 5.40. The zero-order chi connectivity index (χ0) is 20.9. The Bertz CT molecular complexity index is 1000. The van der Waals surface area contributed by atoms with E-state index in [0.717, 1.165) is 18.7 Å². The average Bonchev–Trinajstić information content (AvgIpc) is 2.79. The van der Waals surface area contributed by atoms with E-state index in [2.05, 4.69) is 34.5 Å². The lowest BCUT2D eigenvalue weighted by atomic mass is 10.0. The summed E-state index contributed by atoms with van der Waals surface area (Å²) in [5.41, 5.74) is 3.61. The first kappa shape index (κ1) is 19.7. The van der Waals surface area contributed by atoms with Gasteiger partial charge in [-0.2, -0.15) is 0 Å². The molecule has 3 aromatic rings. The number of rotatable bonds is 4. The maximum Gasteiger partial charge on any atom is 0.254 e. The van der Waals surface area contributed by atoms with Gasteiger partial charge in [-0.25, -0.2) is 0 Å². The molecule has 1 N–H and O–H groups in total. The molecule has 3 aromatic carbocycles. The highest BCUT2D eigenvalue weighted by molar-refractivity contribution is 5.96. The van der Waals surface area contributed by atoms with E-state index >= 15 is 0 Å². The molecule has 0 spiro atoms. The van der Waals surface area contributed by atoms with Crippen molar-refractivity contribution in [2.24, 2.45) is 0 Å². The van der Waals surface area contributed by atoms with Crippen LogP contribution in [0.25, 0.3) is 0 Å². The number of hydrogen-bond acceptors (Lipinski definition) is 3. The van der Waals surface area contributed by atoms with Crippen molar-refractivity contribution in [1.29, 1.82) is 0 Å². The highest BCUT2D eigenvalue weighted by atomic mass is 16.2. The van der Waals surface area contributed by atoms with Crippen LogP contribution >= 0.6 is 0 Å². The van der Waals surface area contributed by atoms with Gasteiger partial charge < -0.3 is 15.1 Å². The fourth-order valence-corrected chi connectivity index (χ4v) is 3.93. The van der Waals surface area contributed by atoms with Gasteiger partial charge in [0, 0.05) is 43.5 Å². The standard InChI is InChI=1S/C25H25N3O2/c1-19(29)26-22-14-12-21(13-15-22)25(30)28-17-16-27(23-10-6-3-7-11-23)18-24(28)20-8-4-2-5-9-20/h2-15,24H,16-18H2,1H3,(H,26,29). The second-order valence-corrected chi connectivity index (χ2v) is 7.47. The van der Waals surface area contributed by atoms with Gasteiger partial charge in [0.2, 0.25) is 5.91 Å². The fraction of sp³-hybridized carbons (Fsp3) is 0.200. The minimum atomic E-state index is -0.129. The molecule has 0 saturated carbocycles. The van der Waals surface area contributed by atoms with E-state index in [1.165, 1.54) is 12.6 Å². The van der Waals surface area contributed by atoms with Gasteiger partial charge >= 0.3 is 0 Å². The molecule has 1 aliphatic rings. The summed E-state index contributed by atoms with van der Waals surface area (Å²) in [6.07, 6.45) is 0. The first-order valence-corrected chi connectivity index (χ1v) is 10.2. The van der Waals surface area contributed by atoms with Crippen molar-refractivity contribution < 1.29 is 9.59 Å². The van der Waals surface area contributed by atoms with E-state index in [1.807, 2.05) is 41.3 Å². The number of amides is 2. The van der Waals surface area contributed by atoms with Gasteiger partial charge in [0.1, 0.15) is 0 Å². The zero-order valence-corrected chi connectivity index (χ0v) is 17.0. The molecule has 0 bridgehead atoms. The molecule has 5 nitrogen and oxygen atoms in total. The topological polar surface area (TPSA) is 52.7 Å². The van der Waals surface area contributed by atoms with Crippen molar-refractivity contribution >= 4 is 23.2 Å². The Kier molecular flexibility index (Phi) is 5.80. The highest BCUT2D eigenvalue weighted by Gasteiger charge is 2.32. The fourth-order valence-electron chi connectivity index (χ4n) is 3.93. The molecule has 152 valence electrons. The number of piperazine rings is 1. The second-order valence-electron chi connectivity index (χ2n) is 7.47. The van der Waals surface area contributed by atoms with Gasteiger partial charge in [0.25, 0.3) is 5.91 Å². The van der Waals surface area contributed by atoms with E-state index in [9.17, 15) is 9.59 Å². The van der Waals surface area contributed by atoms with Gasteiger partial charge in [-0.15, -0.1) is 0 Å². The predicted octanol–water partition coefficient (Wildman–Crippen LogP) is 4.35. The third-order valence-electron chi connectivity index (χ3n) is 5.40. The number of nitrogens with zero attached hydrogens (tertiary/aromatic N) is 2. The average molecular weight is 399 g/mol. The van der Waals surface area contributed by atoms with Crippen LogP contribution in [0.4, 0.5) is 11.4 Å². The van der Waals surface area contributed by atoms with Gasteiger partial charge in [-0.1, -0.05) is 48.5 Å². The van der Waals surface area contributed by atoms with Crippen LogP contribution in [0.3, 0.4) is 0 Å². The smallest absolute Gasteiger partial charge is 0.254 e. The van der Waals surface area contributed by atoms with Crippen LogP contribution in [0.2, 0.25) is 0 Å². The summed E-state index contributed by atoms with van der Waals surface area (Å²) >= 11 is 0. The molecule has 1 atom stereocenters. The Morgan fingerprint density at radius 3 is 2.10 bits per heavy atom. The maximum absolute atomic E-state index is 13.4. The SMILES string of the molecule is CC(=O)Nc1ccc(C(=O)N2CCN(c3ccccc3)CC2c2ccccc2)cc1. The van der Waals surface area contributed by atoms with Crippen molar-refractivity contribution in [2.75, 3.05) is 29.9 Å². The van der Waals surface area contributed by atoms with Crippen LogP contribution in [0.15, 0.2) is 84.9 Å². The first-order chi connectivity index (χ1) is 14.6. The summed E-state index contributed by atoms with van der Waals surface area (Å²) in [6.45, 7) is 3.63. The lowest BCUT2D eigenvalue weighted by Gasteiger charge is -2.42. The van der Waals surface area contributed by atoms with Crippen molar-refractivity contribution in [2.45, 2.75) is 13.0 Å². The minimum absolute atomic E-state index is 0.00550. The molecule has 2 amide bonds. The van der Waals surface area contributed by atoms with E-state index < -0.39 is 0 Å². The zero-order valence-electron chi connectivity index (χ0n) is 17.0. The van der Waals surface area contributed by atoms with E-state index in [0.29, 0.717) is 17.8 Å². The van der Waals surface area contributed by atoms with Crippen molar-refractivity contribution in [3.8, 4) is 0 Å². The van der Waals surface area contributed by atoms with E-state index in [4.69, 9.17) is 0 Å². The van der Waals surface area contributed by atoms with Crippen LogP contribution in [-0.4, -0.2) is 36.3 Å². The number of carbonyl (C=O) groups excluding carboxylic acids is 2. The predicted molar refractivity (Wildman–Crippen MR) is 120 cm³/mol. The number of para-hydroxylation sites is 1. The highest BCUT2D eigenvalue weighted by Crippen LogP contribution is 2.30. The Hall–Kier alpha value is -3.60. The molecule has 1 fully saturated rings. The Morgan fingerprint density at radius 2 is 1.47 bits per heavy atom. The maximum atomic E-state index is 13.4. The van der Waals surface area contributed by atoms with Crippen molar-refractivity contribution in [1.82, 2.24) is 4.90 Å². The molecule has 1 saturated heterocycles. The van der Waals surface area contributed by atoms with Gasteiger partial charge in [-0.3, -0.25) is 9.59 Å². The monoisotopic (exact) mass is 399 g/mol. The Morgan fingerprint density at radius 1 is 0.833 bits per heavy atom. The summed E-state index contributed by atoms with van der Waals surface area (Å²) in [4.78, 5) is 28.9. The number of carbonyl (C=O) groups is 2. The number of anilines is 2. The van der Waals surface area contributed by atoms with Crippen LogP contribution in [-0.2, 0) is 4.79 Å². The van der Waals surface area contributed by atoms with Crippen LogP contribution < -0.4 is 10.2 Å². The van der Waals surface area contributed by atoms with Crippen LogP contribution in [0, 0.1) is 0 Å². The molecule has 0 aromatic heterocycles. The van der Waals surface area contributed by atoms with Gasteiger partial charge in [0.05, 0.1) is 6.04 Å². The van der Waals surface area contributed by atoms with E-state index in [1.54, 1.807) is 24.3 Å². The molecule has 1 aliphatic heterocycles. The quantitative estimate of drug-likeness (QED) is 0.710. The van der Waals surface area contributed by atoms with E-state index in [-0.39, 0.29) is 17.9 Å². The molecular weight excluding hydrogens is 374 g/mol. The number of benzene rings is 3. The number of nitrogens with one attached hydrogen (secondary N) is 1. The molecule has 1 unspecified atom stereocenters. The summed E-state index contributed by atoms with van der Waals surface area (Å²) < 4.78 is 0. The summed E-state index contributed by atoms with van der Waals surface area (Å²) in [7, 11) is 0. The lowest BCUT2D eigenvalue weighted by Crippen LogP contribution is -2.50. The van der Waals surface area contributed by atoms with Crippen LogP contribution in [0.1, 0.15) is 28.9 Å². The molecule has 0 aliphatic carbocycles.